The number of thiazole rings is 1. The first-order valence-electron chi connectivity index (χ1n) is 8.91. The molecule has 1 N–H and O–H groups in total. The predicted octanol–water partition coefficient (Wildman–Crippen LogP) is 6.24. The lowest BCUT2D eigenvalue weighted by Crippen LogP contribution is -2.11. The number of rotatable bonds is 7. The third kappa shape index (κ3) is 5.08. The summed E-state index contributed by atoms with van der Waals surface area (Å²) >= 11 is 3.34. The minimum absolute atomic E-state index is 0.0395. The van der Waals surface area contributed by atoms with Crippen molar-refractivity contribution in [3.63, 3.8) is 0 Å². The number of aromatic nitrogens is 1. The number of hydrogen-bond donors (Lipinski definition) is 1. The monoisotopic (exact) mass is 384 g/mol. The van der Waals surface area contributed by atoms with Gasteiger partial charge < -0.3 is 5.32 Å². The van der Waals surface area contributed by atoms with Crippen LogP contribution in [0.5, 0.6) is 0 Å². The first-order chi connectivity index (χ1) is 12.5. The van der Waals surface area contributed by atoms with Crippen LogP contribution in [0.3, 0.4) is 0 Å². The fourth-order valence-electron chi connectivity index (χ4n) is 2.59. The maximum absolute atomic E-state index is 12.2. The second-order valence-electron chi connectivity index (χ2n) is 6.71. The van der Waals surface area contributed by atoms with E-state index in [0.29, 0.717) is 17.5 Å². The van der Waals surface area contributed by atoms with Crippen LogP contribution in [0.4, 0.5) is 5.13 Å². The van der Waals surface area contributed by atoms with E-state index in [4.69, 9.17) is 0 Å². The number of nitrogens with zero attached hydrogens (tertiary/aromatic N) is 1. The van der Waals surface area contributed by atoms with Crippen molar-refractivity contribution in [1.82, 2.24) is 4.98 Å². The Morgan fingerprint density at radius 2 is 1.96 bits per heavy atom. The first-order valence-corrected chi connectivity index (χ1v) is 10.7. The normalized spacial score (nSPS) is 11.2. The summed E-state index contributed by atoms with van der Waals surface area (Å²) in [5.41, 5.74) is 3.52. The molecule has 0 saturated heterocycles. The number of fused-ring (bicyclic) bond motifs is 1. The molecule has 0 atom stereocenters. The highest BCUT2D eigenvalue weighted by Crippen LogP contribution is 2.29. The molecular weight excluding hydrogens is 360 g/mol. The molecule has 0 spiro atoms. The third-order valence-electron chi connectivity index (χ3n) is 4.16. The molecule has 1 aromatic heterocycles. The van der Waals surface area contributed by atoms with Gasteiger partial charge >= 0.3 is 0 Å². The number of benzene rings is 2. The van der Waals surface area contributed by atoms with Crippen molar-refractivity contribution in [3.8, 4) is 0 Å². The molecule has 2 aromatic carbocycles. The molecule has 0 fully saturated rings. The fraction of sp³-hybridized carbons (Fsp3) is 0.333. The minimum Gasteiger partial charge on any atom is -0.302 e. The second kappa shape index (κ2) is 8.69. The highest BCUT2D eigenvalue weighted by Gasteiger charge is 2.09. The molecule has 3 nitrogen and oxygen atoms in total. The summed E-state index contributed by atoms with van der Waals surface area (Å²) in [5.74, 6) is 1.47. The average Bonchev–Trinajstić information content (AvgIpc) is 3.01. The highest BCUT2D eigenvalue weighted by atomic mass is 32.2. The molecule has 0 radical (unpaired) electrons. The summed E-state index contributed by atoms with van der Waals surface area (Å²) in [5, 5.41) is 3.64. The lowest BCUT2D eigenvalue weighted by Gasteiger charge is -2.03. The van der Waals surface area contributed by atoms with Crippen LogP contribution in [0.1, 0.15) is 43.7 Å². The maximum atomic E-state index is 12.2. The Bertz CT molecular complexity index is 885. The number of hydrogen-bond acceptors (Lipinski definition) is 4. The fourth-order valence-corrected chi connectivity index (χ4v) is 4.38. The van der Waals surface area contributed by atoms with Gasteiger partial charge in [-0.05, 0) is 54.8 Å². The predicted molar refractivity (Wildman–Crippen MR) is 113 cm³/mol. The smallest absolute Gasteiger partial charge is 0.226 e. The van der Waals surface area contributed by atoms with Crippen molar-refractivity contribution >= 4 is 44.4 Å². The standard InChI is InChI=1S/C21H24N2OS2/c1-14(2)16-8-11-18-19(13-16)26-21(22-18)23-20(24)5-4-12-25-17-9-6-15(3)7-10-17/h6-11,13-14H,4-5,12H2,1-3H3,(H,22,23,24). The van der Waals surface area contributed by atoms with E-state index in [1.54, 1.807) is 23.1 Å². The van der Waals surface area contributed by atoms with Gasteiger partial charge in [-0.15, -0.1) is 11.8 Å². The number of thioether (sulfide) groups is 1. The maximum Gasteiger partial charge on any atom is 0.226 e. The molecule has 3 aromatic rings. The van der Waals surface area contributed by atoms with Crippen LogP contribution in [-0.2, 0) is 4.79 Å². The Morgan fingerprint density at radius 3 is 2.69 bits per heavy atom. The van der Waals surface area contributed by atoms with Gasteiger partial charge in [0.05, 0.1) is 10.2 Å². The van der Waals surface area contributed by atoms with Gasteiger partial charge in [0.2, 0.25) is 5.91 Å². The summed E-state index contributed by atoms with van der Waals surface area (Å²) in [6.07, 6.45) is 1.37. The van der Waals surface area contributed by atoms with Crippen molar-refractivity contribution < 1.29 is 4.79 Å². The second-order valence-corrected chi connectivity index (χ2v) is 8.91. The Balaban J connectivity index is 1.48. The zero-order valence-electron chi connectivity index (χ0n) is 15.4. The van der Waals surface area contributed by atoms with Gasteiger partial charge in [0, 0.05) is 11.3 Å². The van der Waals surface area contributed by atoms with E-state index >= 15 is 0 Å². The largest absolute Gasteiger partial charge is 0.302 e. The number of aryl methyl sites for hydroxylation is 1. The molecular formula is C21H24N2OS2. The molecule has 0 bridgehead atoms. The molecule has 0 aliphatic heterocycles. The van der Waals surface area contributed by atoms with E-state index in [1.807, 2.05) is 6.07 Å². The lowest BCUT2D eigenvalue weighted by atomic mass is 10.0. The molecule has 0 aliphatic rings. The Labute approximate surface area is 163 Å². The molecule has 1 amide bonds. The molecule has 0 unspecified atom stereocenters. The number of anilines is 1. The summed E-state index contributed by atoms with van der Waals surface area (Å²) in [7, 11) is 0. The molecule has 5 heteroatoms. The van der Waals surface area contributed by atoms with Crippen molar-refractivity contribution in [2.45, 2.75) is 44.4 Å². The number of carbonyl (C=O) groups is 1. The molecule has 0 saturated carbocycles. The Morgan fingerprint density at radius 1 is 1.19 bits per heavy atom. The van der Waals surface area contributed by atoms with Crippen molar-refractivity contribution in [1.29, 1.82) is 0 Å². The van der Waals surface area contributed by atoms with E-state index in [1.165, 1.54) is 16.0 Å². The van der Waals surface area contributed by atoms with Crippen LogP contribution < -0.4 is 5.32 Å². The van der Waals surface area contributed by atoms with Gasteiger partial charge in [0.15, 0.2) is 5.13 Å². The summed E-state index contributed by atoms with van der Waals surface area (Å²) < 4.78 is 1.13. The zero-order chi connectivity index (χ0) is 18.5. The number of carbonyl (C=O) groups excluding carboxylic acids is 1. The van der Waals surface area contributed by atoms with Crippen molar-refractivity contribution in [2.24, 2.45) is 0 Å². The van der Waals surface area contributed by atoms with Crippen LogP contribution in [0, 0.1) is 6.92 Å². The average molecular weight is 385 g/mol. The summed E-state index contributed by atoms with van der Waals surface area (Å²) in [4.78, 5) is 17.9. The molecule has 0 aliphatic carbocycles. The molecule has 3 rings (SSSR count). The van der Waals surface area contributed by atoms with Crippen LogP contribution in [0.25, 0.3) is 10.2 Å². The van der Waals surface area contributed by atoms with E-state index in [0.717, 1.165) is 22.4 Å². The van der Waals surface area contributed by atoms with Crippen LogP contribution in [0.15, 0.2) is 47.4 Å². The van der Waals surface area contributed by atoms with Gasteiger partial charge in [0.25, 0.3) is 0 Å². The van der Waals surface area contributed by atoms with Crippen LogP contribution in [0.2, 0.25) is 0 Å². The van der Waals surface area contributed by atoms with Gasteiger partial charge in [-0.1, -0.05) is 48.9 Å². The third-order valence-corrected chi connectivity index (χ3v) is 6.20. The number of nitrogens with one attached hydrogen (secondary N) is 1. The first kappa shape index (κ1) is 18.9. The number of amides is 1. The zero-order valence-corrected chi connectivity index (χ0v) is 17.0. The van der Waals surface area contributed by atoms with Crippen LogP contribution >= 0.6 is 23.1 Å². The molecule has 136 valence electrons. The van der Waals surface area contributed by atoms with Gasteiger partial charge in [-0.3, -0.25) is 4.79 Å². The van der Waals surface area contributed by atoms with Crippen LogP contribution in [-0.4, -0.2) is 16.6 Å². The van der Waals surface area contributed by atoms with E-state index in [9.17, 15) is 4.79 Å². The van der Waals surface area contributed by atoms with Crippen molar-refractivity contribution in [3.05, 3.63) is 53.6 Å². The topological polar surface area (TPSA) is 42.0 Å². The van der Waals surface area contributed by atoms with Crippen molar-refractivity contribution in [2.75, 3.05) is 11.1 Å². The molecule has 1 heterocycles. The van der Waals surface area contributed by atoms with Gasteiger partial charge in [-0.2, -0.15) is 0 Å². The minimum atomic E-state index is 0.0395. The summed E-state index contributed by atoms with van der Waals surface area (Å²) in [6, 6.07) is 14.8. The lowest BCUT2D eigenvalue weighted by molar-refractivity contribution is -0.116. The summed E-state index contributed by atoms with van der Waals surface area (Å²) in [6.45, 7) is 6.45. The Hall–Kier alpha value is -1.85. The van der Waals surface area contributed by atoms with Gasteiger partial charge in [-0.25, -0.2) is 4.98 Å². The SMILES string of the molecule is Cc1ccc(SCCCC(=O)Nc2nc3ccc(C(C)C)cc3s2)cc1. The highest BCUT2D eigenvalue weighted by molar-refractivity contribution is 7.99. The van der Waals surface area contributed by atoms with Gasteiger partial charge in [0.1, 0.15) is 0 Å². The van der Waals surface area contributed by atoms with E-state index < -0.39 is 0 Å². The quantitative estimate of drug-likeness (QED) is 0.387. The Kier molecular flexibility index (Phi) is 6.33. The van der Waals surface area contributed by atoms with E-state index in [-0.39, 0.29) is 5.91 Å². The molecule has 26 heavy (non-hydrogen) atoms. The van der Waals surface area contributed by atoms with E-state index in [2.05, 4.69) is 67.5 Å².